The molecule has 0 spiro atoms. The molecule has 3 aromatic rings. The van der Waals surface area contributed by atoms with E-state index in [1.54, 1.807) is 6.92 Å². The molecule has 0 saturated heterocycles. The Morgan fingerprint density at radius 1 is 1.25 bits per heavy atom. The number of aromatic nitrogens is 4. The molecule has 0 saturated carbocycles. The van der Waals surface area contributed by atoms with Crippen LogP contribution in [0.2, 0.25) is 0 Å². The molecule has 1 aromatic carbocycles. The highest BCUT2D eigenvalue weighted by atomic mass is 32.2. The van der Waals surface area contributed by atoms with Gasteiger partial charge in [0.2, 0.25) is 5.89 Å². The van der Waals surface area contributed by atoms with E-state index in [0.717, 1.165) is 18.5 Å². The van der Waals surface area contributed by atoms with Crippen LogP contribution in [0.1, 0.15) is 29.3 Å². The summed E-state index contributed by atoms with van der Waals surface area (Å²) in [4.78, 5) is 31.5. The first-order valence-electron chi connectivity index (χ1n) is 9.18. The number of benzene rings is 1. The molecule has 146 valence electrons. The summed E-state index contributed by atoms with van der Waals surface area (Å²) >= 11 is 1.53. The maximum absolute atomic E-state index is 12.4. The van der Waals surface area contributed by atoms with Gasteiger partial charge in [-0.2, -0.15) is 16.7 Å². The van der Waals surface area contributed by atoms with Crippen molar-refractivity contribution in [3.05, 3.63) is 67.9 Å². The van der Waals surface area contributed by atoms with E-state index in [1.807, 2.05) is 6.07 Å². The minimum atomic E-state index is -0.426. The van der Waals surface area contributed by atoms with Crippen LogP contribution < -0.4 is 16.6 Å². The smallest absolute Gasteiger partial charge is 0.329 e. The van der Waals surface area contributed by atoms with Crippen molar-refractivity contribution in [1.82, 2.24) is 19.7 Å². The first-order valence-corrected chi connectivity index (χ1v) is 10.3. The molecule has 0 unspecified atom stereocenters. The summed E-state index contributed by atoms with van der Waals surface area (Å²) < 4.78 is 6.23. The number of nitrogens with one attached hydrogen (secondary N) is 2. The summed E-state index contributed by atoms with van der Waals surface area (Å²) in [6, 6.07) is 7.58. The van der Waals surface area contributed by atoms with Crippen LogP contribution in [0.15, 0.2) is 38.4 Å². The normalized spacial score (nSPS) is 12.9. The van der Waals surface area contributed by atoms with Gasteiger partial charge in [-0.3, -0.25) is 14.3 Å². The fourth-order valence-corrected chi connectivity index (χ4v) is 4.07. The molecule has 0 amide bonds. The summed E-state index contributed by atoms with van der Waals surface area (Å²) in [5, 5.41) is 6.86. The van der Waals surface area contributed by atoms with Crippen LogP contribution in [0.3, 0.4) is 0 Å². The fraction of sp³-hybridized carbons (Fsp3) is 0.368. The van der Waals surface area contributed by atoms with Gasteiger partial charge in [-0.05, 0) is 49.4 Å². The molecule has 4 rings (SSSR count). The number of anilines is 2. The van der Waals surface area contributed by atoms with Gasteiger partial charge in [-0.1, -0.05) is 11.2 Å². The van der Waals surface area contributed by atoms with Gasteiger partial charge in [0.25, 0.3) is 5.56 Å². The third-order valence-electron chi connectivity index (χ3n) is 4.65. The van der Waals surface area contributed by atoms with Gasteiger partial charge >= 0.3 is 5.69 Å². The number of rotatable bonds is 7. The van der Waals surface area contributed by atoms with Crippen molar-refractivity contribution in [2.24, 2.45) is 0 Å². The maximum Gasteiger partial charge on any atom is 0.329 e. The molecule has 2 aromatic heterocycles. The van der Waals surface area contributed by atoms with E-state index in [0.29, 0.717) is 35.6 Å². The topological polar surface area (TPSA) is 106 Å². The van der Waals surface area contributed by atoms with E-state index in [1.165, 1.54) is 39.9 Å². The molecule has 0 aliphatic heterocycles. The zero-order valence-electron chi connectivity index (χ0n) is 15.5. The molecule has 28 heavy (non-hydrogen) atoms. The number of aromatic amines is 1. The van der Waals surface area contributed by atoms with Gasteiger partial charge in [-0.15, -0.1) is 0 Å². The Balaban J connectivity index is 1.39. The van der Waals surface area contributed by atoms with E-state index < -0.39 is 5.69 Å². The average Bonchev–Trinajstić information content (AvgIpc) is 3.28. The molecule has 2 heterocycles. The number of nitrogens with zero attached hydrogens (tertiary/aromatic N) is 3. The van der Waals surface area contributed by atoms with Gasteiger partial charge in [0, 0.05) is 24.1 Å². The number of fused-ring (bicyclic) bond motifs is 1. The van der Waals surface area contributed by atoms with Crippen LogP contribution in [0, 0.1) is 6.92 Å². The number of aryl methyl sites for hydroxylation is 3. The van der Waals surface area contributed by atoms with Crippen molar-refractivity contribution in [2.45, 2.75) is 38.5 Å². The lowest BCUT2D eigenvalue weighted by atomic mass is 10.1. The van der Waals surface area contributed by atoms with Crippen LogP contribution in [-0.4, -0.2) is 25.4 Å². The molecule has 0 atom stereocenters. The minimum Gasteiger partial charge on any atom is -0.342 e. The van der Waals surface area contributed by atoms with E-state index in [2.05, 4.69) is 32.6 Å². The van der Waals surface area contributed by atoms with Crippen LogP contribution in [0.25, 0.3) is 0 Å². The van der Waals surface area contributed by atoms with Crippen molar-refractivity contribution in [1.29, 1.82) is 0 Å². The van der Waals surface area contributed by atoms with Gasteiger partial charge in [-0.25, -0.2) is 4.79 Å². The third-order valence-corrected chi connectivity index (χ3v) is 5.57. The molecule has 2 N–H and O–H groups in total. The predicted octanol–water partition coefficient (Wildman–Crippen LogP) is 2.39. The minimum absolute atomic E-state index is 0.311. The van der Waals surface area contributed by atoms with E-state index in [-0.39, 0.29) is 5.56 Å². The largest absolute Gasteiger partial charge is 0.342 e. The quantitative estimate of drug-likeness (QED) is 0.588. The monoisotopic (exact) mass is 399 g/mol. The predicted molar refractivity (Wildman–Crippen MR) is 108 cm³/mol. The lowest BCUT2D eigenvalue weighted by Gasteiger charge is -2.10. The lowest BCUT2D eigenvalue weighted by Crippen LogP contribution is -2.35. The van der Waals surface area contributed by atoms with Crippen LogP contribution in [0.4, 0.5) is 11.5 Å². The number of hydrogen-bond donors (Lipinski definition) is 2. The molecular formula is C19H21N5O3S. The summed E-state index contributed by atoms with van der Waals surface area (Å²) in [6.45, 7) is 2.07. The SMILES string of the molecule is Cc1noc(CSCCn2c(=O)cc(Nc3ccc4c(c3)CCC4)[nH]c2=O)n1. The lowest BCUT2D eigenvalue weighted by molar-refractivity contribution is 0.387. The van der Waals surface area contributed by atoms with Crippen molar-refractivity contribution in [2.75, 3.05) is 11.1 Å². The highest BCUT2D eigenvalue weighted by Crippen LogP contribution is 2.25. The van der Waals surface area contributed by atoms with E-state index in [9.17, 15) is 9.59 Å². The first-order chi connectivity index (χ1) is 13.6. The molecule has 9 heteroatoms. The molecule has 8 nitrogen and oxygen atoms in total. The Hall–Kier alpha value is -2.81. The molecular weight excluding hydrogens is 378 g/mol. The highest BCUT2D eigenvalue weighted by molar-refractivity contribution is 7.98. The Morgan fingerprint density at radius 2 is 2.11 bits per heavy atom. The van der Waals surface area contributed by atoms with Gasteiger partial charge < -0.3 is 9.84 Å². The molecule has 0 bridgehead atoms. The summed E-state index contributed by atoms with van der Waals surface area (Å²) in [7, 11) is 0. The van der Waals surface area contributed by atoms with Crippen molar-refractivity contribution < 1.29 is 4.52 Å². The van der Waals surface area contributed by atoms with Crippen molar-refractivity contribution >= 4 is 23.3 Å². The van der Waals surface area contributed by atoms with Crippen LogP contribution in [0.5, 0.6) is 0 Å². The Morgan fingerprint density at radius 3 is 2.89 bits per heavy atom. The maximum atomic E-state index is 12.4. The Kier molecular flexibility index (Phi) is 5.34. The average molecular weight is 399 g/mol. The molecule has 0 fully saturated rings. The second-order valence-electron chi connectivity index (χ2n) is 6.73. The summed E-state index contributed by atoms with van der Waals surface area (Å²) in [5.41, 5.74) is 2.82. The number of thioether (sulfide) groups is 1. The van der Waals surface area contributed by atoms with Gasteiger partial charge in [0.05, 0.1) is 5.75 Å². The van der Waals surface area contributed by atoms with Gasteiger partial charge in [0.1, 0.15) is 5.82 Å². The van der Waals surface area contributed by atoms with Gasteiger partial charge in [0.15, 0.2) is 5.82 Å². The number of H-pyrrole nitrogens is 1. The Labute approximate surface area is 165 Å². The van der Waals surface area contributed by atoms with Crippen molar-refractivity contribution in [3.63, 3.8) is 0 Å². The Bertz CT molecular complexity index is 1070. The molecule has 1 aliphatic carbocycles. The van der Waals surface area contributed by atoms with E-state index in [4.69, 9.17) is 4.52 Å². The first kappa shape index (κ1) is 18.5. The zero-order chi connectivity index (χ0) is 19.5. The number of hydrogen-bond acceptors (Lipinski definition) is 7. The van der Waals surface area contributed by atoms with E-state index >= 15 is 0 Å². The third kappa shape index (κ3) is 4.19. The standard InChI is InChI=1S/C19H21N5O3S/c1-12-20-17(27-23-12)11-28-8-7-24-18(25)10-16(22-19(24)26)21-15-6-5-13-3-2-4-14(13)9-15/h5-6,9-10,21H,2-4,7-8,11H2,1H3,(H,22,26). The second-order valence-corrected chi connectivity index (χ2v) is 7.83. The molecule has 1 aliphatic rings. The van der Waals surface area contributed by atoms with Crippen LogP contribution in [-0.2, 0) is 25.1 Å². The van der Waals surface area contributed by atoms with Crippen LogP contribution >= 0.6 is 11.8 Å². The molecule has 0 radical (unpaired) electrons. The highest BCUT2D eigenvalue weighted by Gasteiger charge is 2.11. The zero-order valence-corrected chi connectivity index (χ0v) is 16.3. The van der Waals surface area contributed by atoms with Crippen molar-refractivity contribution in [3.8, 4) is 0 Å². The second kappa shape index (κ2) is 8.05. The summed E-state index contributed by atoms with van der Waals surface area (Å²) in [5.74, 6) is 2.67. The fourth-order valence-electron chi connectivity index (χ4n) is 3.32. The summed E-state index contributed by atoms with van der Waals surface area (Å²) in [6.07, 6.45) is 3.37.